The van der Waals surface area contributed by atoms with Crippen LogP contribution in [0.3, 0.4) is 0 Å². The van der Waals surface area contributed by atoms with E-state index in [1.165, 1.54) is 38.5 Å². The molecule has 18 heavy (non-hydrogen) atoms. The molecule has 0 aromatic rings. The van der Waals surface area contributed by atoms with Crippen LogP contribution in [-0.4, -0.2) is 11.1 Å². The molecule has 2 heteroatoms. The fourth-order valence-electron chi connectivity index (χ4n) is 5.86. The van der Waals surface area contributed by atoms with Gasteiger partial charge in [0.05, 0.1) is 0 Å². The van der Waals surface area contributed by atoms with Gasteiger partial charge in [-0.1, -0.05) is 19.9 Å². The second kappa shape index (κ2) is 4.11. The smallest absolute Gasteiger partial charge is 0.330 e. The highest BCUT2D eigenvalue weighted by molar-refractivity contribution is 5.85. The Morgan fingerprint density at radius 3 is 2.39 bits per heavy atom. The van der Waals surface area contributed by atoms with Gasteiger partial charge in [0.25, 0.3) is 0 Å². The van der Waals surface area contributed by atoms with Crippen molar-refractivity contribution >= 4 is 5.97 Å². The molecule has 0 aromatic heterocycles. The Kier molecular flexibility index (Phi) is 2.80. The molecule has 4 fully saturated rings. The van der Waals surface area contributed by atoms with Crippen LogP contribution < -0.4 is 0 Å². The molecule has 100 valence electrons. The number of hydrogen-bond acceptors (Lipinski definition) is 1. The SMILES string of the molecule is C=C(CC12CC3CC(CC(C3)C1CC)C2)C(=O)O. The first-order valence-corrected chi connectivity index (χ1v) is 7.45. The Hall–Kier alpha value is -0.790. The first-order valence-electron chi connectivity index (χ1n) is 7.45. The average molecular weight is 248 g/mol. The molecule has 2 nitrogen and oxygen atoms in total. The number of hydrogen-bond donors (Lipinski definition) is 1. The summed E-state index contributed by atoms with van der Waals surface area (Å²) >= 11 is 0. The third-order valence-electron chi connectivity index (χ3n) is 5.99. The van der Waals surface area contributed by atoms with Crippen LogP contribution in [0, 0.1) is 29.1 Å². The van der Waals surface area contributed by atoms with Gasteiger partial charge in [0.15, 0.2) is 0 Å². The minimum absolute atomic E-state index is 0.291. The number of rotatable bonds is 4. The topological polar surface area (TPSA) is 37.3 Å². The fraction of sp³-hybridized carbons (Fsp3) is 0.812. The molecule has 4 aliphatic carbocycles. The fourth-order valence-corrected chi connectivity index (χ4v) is 5.86. The lowest BCUT2D eigenvalue weighted by Gasteiger charge is -2.61. The van der Waals surface area contributed by atoms with E-state index in [0.29, 0.717) is 11.0 Å². The summed E-state index contributed by atoms with van der Waals surface area (Å²) in [6.45, 7) is 6.09. The maximum Gasteiger partial charge on any atom is 0.330 e. The van der Waals surface area contributed by atoms with Crippen molar-refractivity contribution in [3.63, 3.8) is 0 Å². The van der Waals surface area contributed by atoms with Crippen LogP contribution in [0.1, 0.15) is 51.9 Å². The Morgan fingerprint density at radius 2 is 1.89 bits per heavy atom. The van der Waals surface area contributed by atoms with Crippen LogP contribution in [0.15, 0.2) is 12.2 Å². The summed E-state index contributed by atoms with van der Waals surface area (Å²) < 4.78 is 0. The lowest BCUT2D eigenvalue weighted by Crippen LogP contribution is -2.52. The largest absolute Gasteiger partial charge is 0.478 e. The molecule has 4 saturated carbocycles. The first-order chi connectivity index (χ1) is 8.54. The second-order valence-electron chi connectivity index (χ2n) is 7.07. The summed E-state index contributed by atoms with van der Waals surface area (Å²) in [5, 5.41) is 9.14. The summed E-state index contributed by atoms with van der Waals surface area (Å²) in [5.41, 5.74) is 0.731. The third kappa shape index (κ3) is 1.72. The molecule has 3 unspecified atom stereocenters. The highest BCUT2D eigenvalue weighted by atomic mass is 16.4. The molecule has 0 aromatic carbocycles. The van der Waals surface area contributed by atoms with Crippen molar-refractivity contribution in [2.75, 3.05) is 0 Å². The van der Waals surface area contributed by atoms with Crippen LogP contribution in [0.4, 0.5) is 0 Å². The van der Waals surface area contributed by atoms with Gasteiger partial charge in [-0.25, -0.2) is 4.79 Å². The summed E-state index contributed by atoms with van der Waals surface area (Å²) in [6.07, 6.45) is 8.73. The Balaban J connectivity index is 1.87. The van der Waals surface area contributed by atoms with Crippen molar-refractivity contribution in [2.24, 2.45) is 29.1 Å². The third-order valence-corrected chi connectivity index (χ3v) is 5.99. The number of carboxylic acid groups (broad SMARTS) is 1. The molecular weight excluding hydrogens is 224 g/mol. The average Bonchev–Trinajstić information content (AvgIpc) is 2.27. The highest BCUT2D eigenvalue weighted by Gasteiger charge is 2.56. The van der Waals surface area contributed by atoms with Gasteiger partial charge in [-0.15, -0.1) is 0 Å². The Bertz CT molecular complexity index is 371. The van der Waals surface area contributed by atoms with E-state index in [0.717, 1.165) is 30.1 Å². The van der Waals surface area contributed by atoms with E-state index < -0.39 is 5.97 Å². The van der Waals surface area contributed by atoms with Crippen LogP contribution in [0.2, 0.25) is 0 Å². The second-order valence-corrected chi connectivity index (χ2v) is 7.07. The van der Waals surface area contributed by atoms with Crippen LogP contribution >= 0.6 is 0 Å². The van der Waals surface area contributed by atoms with Gasteiger partial charge >= 0.3 is 5.97 Å². The number of aliphatic carboxylic acids is 1. The molecular formula is C16H24O2. The van der Waals surface area contributed by atoms with Gasteiger partial charge in [0.2, 0.25) is 0 Å². The van der Waals surface area contributed by atoms with E-state index in [4.69, 9.17) is 5.11 Å². The predicted molar refractivity (Wildman–Crippen MR) is 71.2 cm³/mol. The van der Waals surface area contributed by atoms with Gasteiger partial charge in [-0.3, -0.25) is 0 Å². The van der Waals surface area contributed by atoms with Gasteiger partial charge in [-0.2, -0.15) is 0 Å². The molecule has 3 atom stereocenters. The lowest BCUT2D eigenvalue weighted by atomic mass is 9.43. The van der Waals surface area contributed by atoms with Gasteiger partial charge in [0.1, 0.15) is 0 Å². The van der Waals surface area contributed by atoms with Gasteiger partial charge in [-0.05, 0) is 67.6 Å². The normalized spacial score (nSPS) is 45.2. The van der Waals surface area contributed by atoms with E-state index >= 15 is 0 Å². The van der Waals surface area contributed by atoms with E-state index in [1.54, 1.807) is 0 Å². The summed E-state index contributed by atoms with van der Waals surface area (Å²) in [5.74, 6) is 2.60. The van der Waals surface area contributed by atoms with Crippen molar-refractivity contribution in [3.8, 4) is 0 Å². The molecule has 4 bridgehead atoms. The minimum Gasteiger partial charge on any atom is -0.478 e. The van der Waals surface area contributed by atoms with Crippen LogP contribution in [0.5, 0.6) is 0 Å². The highest BCUT2D eigenvalue weighted by Crippen LogP contribution is 2.65. The van der Waals surface area contributed by atoms with E-state index in [9.17, 15) is 4.79 Å². The summed E-state index contributed by atoms with van der Waals surface area (Å²) in [7, 11) is 0. The monoisotopic (exact) mass is 248 g/mol. The molecule has 0 aliphatic heterocycles. The number of carboxylic acids is 1. The molecule has 0 radical (unpaired) electrons. The Morgan fingerprint density at radius 1 is 1.28 bits per heavy atom. The van der Waals surface area contributed by atoms with Crippen molar-refractivity contribution < 1.29 is 9.90 Å². The van der Waals surface area contributed by atoms with Crippen molar-refractivity contribution in [1.29, 1.82) is 0 Å². The zero-order valence-electron chi connectivity index (χ0n) is 11.3. The quantitative estimate of drug-likeness (QED) is 0.767. The summed E-state index contributed by atoms with van der Waals surface area (Å²) in [6, 6.07) is 0. The van der Waals surface area contributed by atoms with Gasteiger partial charge < -0.3 is 5.11 Å². The zero-order chi connectivity index (χ0) is 12.9. The molecule has 0 saturated heterocycles. The first kappa shape index (κ1) is 12.3. The van der Waals surface area contributed by atoms with E-state index in [-0.39, 0.29) is 0 Å². The molecule has 1 N–H and O–H groups in total. The molecule has 0 heterocycles. The predicted octanol–water partition coefficient (Wildman–Crippen LogP) is 3.87. The lowest BCUT2D eigenvalue weighted by molar-refractivity contribution is -0.136. The minimum atomic E-state index is -0.791. The molecule has 0 spiro atoms. The number of carbonyl (C=O) groups is 1. The van der Waals surface area contributed by atoms with Gasteiger partial charge in [0, 0.05) is 5.57 Å². The van der Waals surface area contributed by atoms with Crippen molar-refractivity contribution in [1.82, 2.24) is 0 Å². The molecule has 4 rings (SSSR count). The standard InChI is InChI=1S/C16H24O2/c1-3-14-13-5-11-4-12(6-13)9-16(14,8-11)7-10(2)15(17)18/h11-14H,2-9H2,1H3,(H,17,18). The van der Waals surface area contributed by atoms with Crippen LogP contribution in [-0.2, 0) is 4.79 Å². The Labute approximate surface area is 109 Å². The maximum absolute atomic E-state index is 11.1. The summed E-state index contributed by atoms with van der Waals surface area (Å²) in [4.78, 5) is 11.1. The van der Waals surface area contributed by atoms with Crippen LogP contribution in [0.25, 0.3) is 0 Å². The zero-order valence-corrected chi connectivity index (χ0v) is 11.3. The van der Waals surface area contributed by atoms with E-state index in [2.05, 4.69) is 13.5 Å². The van der Waals surface area contributed by atoms with Crippen molar-refractivity contribution in [2.45, 2.75) is 51.9 Å². The van der Waals surface area contributed by atoms with E-state index in [1.807, 2.05) is 0 Å². The molecule has 0 amide bonds. The molecule has 4 aliphatic rings. The van der Waals surface area contributed by atoms with Crippen molar-refractivity contribution in [3.05, 3.63) is 12.2 Å². The maximum atomic E-state index is 11.1.